The fourth-order valence-corrected chi connectivity index (χ4v) is 5.62. The van der Waals surface area contributed by atoms with Gasteiger partial charge in [-0.25, -0.2) is 8.42 Å². The second-order valence-corrected chi connectivity index (χ2v) is 11.2. The summed E-state index contributed by atoms with van der Waals surface area (Å²) in [5.41, 5.74) is 1.18. The Kier molecular flexibility index (Phi) is 10.5. The highest BCUT2D eigenvalue weighted by Crippen LogP contribution is 2.26. The first-order valence-corrected chi connectivity index (χ1v) is 14.6. The molecule has 0 heterocycles. The number of ether oxygens (including phenoxy) is 1. The molecule has 3 aromatic carbocycles. The standard InChI is InChI=1S/C30H37N3O5S/c1-5-28(30(35)31-23(3)4)32(21-24-13-9-7-10-14-24)29(34)22-33(25-15-11-8-12-16-25)39(36,37)27-19-17-26(18-20-27)38-6-2/h7-20,23,28H,5-6,21-22H2,1-4H3,(H,31,35). The van der Waals surface area contributed by atoms with E-state index in [-0.39, 0.29) is 23.4 Å². The van der Waals surface area contributed by atoms with Gasteiger partial charge in [-0.1, -0.05) is 55.5 Å². The van der Waals surface area contributed by atoms with Crippen LogP contribution in [0.2, 0.25) is 0 Å². The number of sulfonamides is 1. The Morgan fingerprint density at radius 2 is 1.46 bits per heavy atom. The number of nitrogens with zero attached hydrogens (tertiary/aromatic N) is 2. The minimum atomic E-state index is -4.13. The van der Waals surface area contributed by atoms with Crippen LogP contribution >= 0.6 is 0 Å². The molecule has 1 unspecified atom stereocenters. The number of rotatable bonds is 13. The first kappa shape index (κ1) is 29.7. The van der Waals surface area contributed by atoms with Crippen molar-refractivity contribution in [2.45, 2.75) is 57.6 Å². The van der Waals surface area contributed by atoms with Crippen LogP contribution in [0.3, 0.4) is 0 Å². The third kappa shape index (κ3) is 7.83. The number of benzene rings is 3. The Labute approximate surface area is 231 Å². The van der Waals surface area contributed by atoms with Gasteiger partial charge in [-0.15, -0.1) is 0 Å². The molecule has 1 atom stereocenters. The highest BCUT2D eigenvalue weighted by Gasteiger charge is 2.33. The van der Waals surface area contributed by atoms with Crippen molar-refractivity contribution < 1.29 is 22.7 Å². The maximum atomic E-state index is 14.0. The molecule has 0 aliphatic heterocycles. The number of carbonyl (C=O) groups excluding carboxylic acids is 2. The molecule has 8 nitrogen and oxygen atoms in total. The highest BCUT2D eigenvalue weighted by atomic mass is 32.2. The fourth-order valence-electron chi connectivity index (χ4n) is 4.21. The van der Waals surface area contributed by atoms with Crippen LogP contribution in [-0.4, -0.2) is 50.4 Å². The average Bonchev–Trinajstić information content (AvgIpc) is 2.92. The Bertz CT molecular complexity index is 1310. The third-order valence-electron chi connectivity index (χ3n) is 6.06. The summed E-state index contributed by atoms with van der Waals surface area (Å²) < 4.78 is 34.3. The van der Waals surface area contributed by atoms with Gasteiger partial charge in [0.15, 0.2) is 0 Å². The van der Waals surface area contributed by atoms with Gasteiger partial charge >= 0.3 is 0 Å². The lowest BCUT2D eigenvalue weighted by Crippen LogP contribution is -2.53. The van der Waals surface area contributed by atoms with E-state index in [1.54, 1.807) is 42.5 Å². The van der Waals surface area contributed by atoms with Crippen molar-refractivity contribution in [1.82, 2.24) is 10.2 Å². The number of hydrogen-bond donors (Lipinski definition) is 1. The van der Waals surface area contributed by atoms with Gasteiger partial charge in [0.05, 0.1) is 17.2 Å². The maximum Gasteiger partial charge on any atom is 0.264 e. The smallest absolute Gasteiger partial charge is 0.264 e. The van der Waals surface area contributed by atoms with Gasteiger partial charge in [-0.05, 0) is 69.2 Å². The Hall–Kier alpha value is -3.85. The maximum absolute atomic E-state index is 14.0. The lowest BCUT2D eigenvalue weighted by Gasteiger charge is -2.33. The fraction of sp³-hybridized carbons (Fsp3) is 0.333. The van der Waals surface area contributed by atoms with E-state index in [2.05, 4.69) is 5.32 Å². The van der Waals surface area contributed by atoms with E-state index in [9.17, 15) is 18.0 Å². The van der Waals surface area contributed by atoms with Crippen molar-refractivity contribution in [1.29, 1.82) is 0 Å². The Balaban J connectivity index is 2.01. The molecule has 0 fully saturated rings. The SMILES string of the molecule is CCOc1ccc(S(=O)(=O)N(CC(=O)N(Cc2ccccc2)C(CC)C(=O)NC(C)C)c2ccccc2)cc1. The molecular weight excluding hydrogens is 514 g/mol. The molecule has 39 heavy (non-hydrogen) atoms. The van der Waals surface area contributed by atoms with Gasteiger partial charge in [-0.2, -0.15) is 0 Å². The molecule has 3 rings (SSSR count). The highest BCUT2D eigenvalue weighted by molar-refractivity contribution is 7.92. The van der Waals surface area contributed by atoms with Gasteiger partial charge in [0.1, 0.15) is 18.3 Å². The minimum Gasteiger partial charge on any atom is -0.494 e. The first-order chi connectivity index (χ1) is 18.7. The summed E-state index contributed by atoms with van der Waals surface area (Å²) in [4.78, 5) is 28.6. The Morgan fingerprint density at radius 3 is 2.00 bits per heavy atom. The van der Waals surface area contributed by atoms with Crippen molar-refractivity contribution in [3.8, 4) is 5.75 Å². The predicted octanol–water partition coefficient (Wildman–Crippen LogP) is 4.61. The lowest BCUT2D eigenvalue weighted by atomic mass is 10.1. The molecule has 0 aliphatic rings. The molecule has 0 radical (unpaired) electrons. The van der Waals surface area contributed by atoms with Crippen molar-refractivity contribution in [3.63, 3.8) is 0 Å². The molecule has 0 bridgehead atoms. The van der Waals surface area contributed by atoms with Gasteiger partial charge in [0.2, 0.25) is 11.8 Å². The summed E-state index contributed by atoms with van der Waals surface area (Å²) in [7, 11) is -4.13. The summed E-state index contributed by atoms with van der Waals surface area (Å²) >= 11 is 0. The van der Waals surface area contributed by atoms with Gasteiger partial charge in [-0.3, -0.25) is 13.9 Å². The van der Waals surface area contributed by atoms with Crippen LogP contribution in [0.5, 0.6) is 5.75 Å². The van der Waals surface area contributed by atoms with Crippen molar-refractivity contribution in [3.05, 3.63) is 90.5 Å². The zero-order chi connectivity index (χ0) is 28.4. The largest absolute Gasteiger partial charge is 0.494 e. The van der Waals surface area contributed by atoms with Crippen LogP contribution in [-0.2, 0) is 26.2 Å². The quantitative estimate of drug-likeness (QED) is 0.335. The number of hydrogen-bond acceptors (Lipinski definition) is 5. The van der Waals surface area contributed by atoms with E-state index in [0.717, 1.165) is 9.87 Å². The summed E-state index contributed by atoms with van der Waals surface area (Å²) in [6.45, 7) is 7.54. The van der Waals surface area contributed by atoms with Crippen LogP contribution in [0, 0.1) is 0 Å². The van der Waals surface area contributed by atoms with Crippen LogP contribution < -0.4 is 14.4 Å². The molecular formula is C30H37N3O5S. The second-order valence-electron chi connectivity index (χ2n) is 9.35. The average molecular weight is 552 g/mol. The molecule has 0 aromatic heterocycles. The number of amides is 2. The monoisotopic (exact) mass is 551 g/mol. The van der Waals surface area contributed by atoms with E-state index >= 15 is 0 Å². The molecule has 208 valence electrons. The number of anilines is 1. The molecule has 3 aromatic rings. The topological polar surface area (TPSA) is 96.0 Å². The summed E-state index contributed by atoms with van der Waals surface area (Å²) in [5, 5.41) is 2.90. The summed E-state index contributed by atoms with van der Waals surface area (Å²) in [6, 6.07) is 23.1. The van der Waals surface area contributed by atoms with Crippen molar-refractivity contribution in [2.75, 3.05) is 17.5 Å². The molecule has 0 spiro atoms. The zero-order valence-corrected chi connectivity index (χ0v) is 23.7. The lowest BCUT2D eigenvalue weighted by molar-refractivity contribution is -0.140. The Morgan fingerprint density at radius 1 is 0.872 bits per heavy atom. The molecule has 0 saturated heterocycles. The third-order valence-corrected chi connectivity index (χ3v) is 7.85. The van der Waals surface area contributed by atoms with E-state index in [1.165, 1.54) is 17.0 Å². The number of carbonyl (C=O) groups is 2. The van der Waals surface area contributed by atoms with Gasteiger partial charge in [0.25, 0.3) is 10.0 Å². The van der Waals surface area contributed by atoms with E-state index in [0.29, 0.717) is 24.5 Å². The molecule has 0 aliphatic carbocycles. The second kappa shape index (κ2) is 13.8. The van der Waals surface area contributed by atoms with Crippen molar-refractivity contribution >= 4 is 27.5 Å². The first-order valence-electron chi connectivity index (χ1n) is 13.1. The number of nitrogens with one attached hydrogen (secondary N) is 1. The van der Waals surface area contributed by atoms with E-state index in [1.807, 2.05) is 58.0 Å². The molecule has 1 N–H and O–H groups in total. The summed E-state index contributed by atoms with van der Waals surface area (Å²) in [6.07, 6.45) is 0.369. The molecule has 0 saturated carbocycles. The normalized spacial score (nSPS) is 12.0. The van der Waals surface area contributed by atoms with Crippen LogP contribution in [0.15, 0.2) is 89.8 Å². The van der Waals surface area contributed by atoms with Crippen LogP contribution in [0.25, 0.3) is 0 Å². The predicted molar refractivity (Wildman–Crippen MR) is 153 cm³/mol. The van der Waals surface area contributed by atoms with Crippen LogP contribution in [0.1, 0.15) is 39.7 Å². The van der Waals surface area contributed by atoms with Gasteiger partial charge < -0.3 is 15.0 Å². The van der Waals surface area contributed by atoms with Crippen LogP contribution in [0.4, 0.5) is 5.69 Å². The van der Waals surface area contributed by atoms with E-state index < -0.39 is 28.5 Å². The van der Waals surface area contributed by atoms with E-state index in [4.69, 9.17) is 4.74 Å². The molecule has 9 heteroatoms. The van der Waals surface area contributed by atoms with Crippen molar-refractivity contribution in [2.24, 2.45) is 0 Å². The van der Waals surface area contributed by atoms with Gasteiger partial charge in [0, 0.05) is 12.6 Å². The molecule has 2 amide bonds. The minimum absolute atomic E-state index is 0.0295. The summed E-state index contributed by atoms with van der Waals surface area (Å²) in [5.74, 6) is -0.213. The number of para-hydroxylation sites is 1. The zero-order valence-electron chi connectivity index (χ0n) is 22.9.